The van der Waals surface area contributed by atoms with Gasteiger partial charge in [-0.05, 0) is 31.6 Å². The molecule has 0 aromatic rings. The smallest absolute Gasteiger partial charge is 0.0905 e. The van der Waals surface area contributed by atoms with E-state index in [9.17, 15) is 0 Å². The van der Waals surface area contributed by atoms with Gasteiger partial charge in [-0.2, -0.15) is 0 Å². The Labute approximate surface area is 87.5 Å². The molecule has 0 bridgehead atoms. The molecule has 0 aliphatic heterocycles. The van der Waals surface area contributed by atoms with Crippen molar-refractivity contribution in [1.29, 1.82) is 5.41 Å². The molecule has 0 saturated heterocycles. The molecule has 0 aliphatic carbocycles. The van der Waals surface area contributed by atoms with Crippen molar-refractivity contribution in [3.05, 3.63) is 0 Å². The number of unbranched alkanes of at least 4 members (excludes halogenated alkanes) is 1. The molecular weight excluding hydrogens is 176 g/mol. The number of rotatable bonds is 9. The summed E-state index contributed by atoms with van der Waals surface area (Å²) >= 11 is 0. The van der Waals surface area contributed by atoms with Crippen LogP contribution in [0, 0.1) is 11.3 Å². The largest absolute Gasteiger partial charge is 0.388 e. The van der Waals surface area contributed by atoms with Crippen LogP contribution in [0.3, 0.4) is 0 Å². The van der Waals surface area contributed by atoms with Crippen LogP contribution in [0.5, 0.6) is 0 Å². The first-order valence-electron chi connectivity index (χ1n) is 5.53. The summed E-state index contributed by atoms with van der Waals surface area (Å²) in [4.78, 5) is 0. The average Bonchev–Trinajstić information content (AvgIpc) is 2.08. The lowest BCUT2D eigenvalue weighted by molar-refractivity contribution is 0.124. The maximum absolute atomic E-state index is 7.02. The summed E-state index contributed by atoms with van der Waals surface area (Å²) in [6, 6.07) is 0. The Kier molecular flexibility index (Phi) is 8.64. The molecule has 84 valence electrons. The summed E-state index contributed by atoms with van der Waals surface area (Å²) in [6.45, 7) is 6.14. The standard InChI is InChI=1S/C11H24N2O/c1-10(2)6-5-9-14-8-4-3-7-11(12)13/h10H,3-9H2,1-2H3,(H3,12,13). The molecule has 14 heavy (non-hydrogen) atoms. The van der Waals surface area contributed by atoms with E-state index in [1.807, 2.05) is 0 Å². The maximum Gasteiger partial charge on any atom is 0.0905 e. The van der Waals surface area contributed by atoms with Crippen LogP contribution in [0.25, 0.3) is 0 Å². The SMILES string of the molecule is CC(C)CCCOCCCCC(=N)N. The lowest BCUT2D eigenvalue weighted by atomic mass is 10.1. The summed E-state index contributed by atoms with van der Waals surface area (Å²) in [5.74, 6) is 1.06. The Bertz CT molecular complexity index is 146. The van der Waals surface area contributed by atoms with Crippen molar-refractivity contribution in [2.45, 2.75) is 46.0 Å². The molecule has 0 fully saturated rings. The molecular formula is C11H24N2O. The van der Waals surface area contributed by atoms with Gasteiger partial charge in [0.2, 0.25) is 0 Å². The Hall–Kier alpha value is -0.570. The minimum Gasteiger partial charge on any atom is -0.388 e. The first-order chi connectivity index (χ1) is 6.63. The highest BCUT2D eigenvalue weighted by molar-refractivity contribution is 5.76. The van der Waals surface area contributed by atoms with Gasteiger partial charge in [0.25, 0.3) is 0 Å². The van der Waals surface area contributed by atoms with Gasteiger partial charge < -0.3 is 10.5 Å². The molecule has 0 heterocycles. The van der Waals surface area contributed by atoms with E-state index in [2.05, 4.69) is 13.8 Å². The molecule has 0 amide bonds. The normalized spacial score (nSPS) is 10.8. The number of nitrogens with two attached hydrogens (primary N) is 1. The third kappa shape index (κ3) is 11.4. The van der Waals surface area contributed by atoms with Crippen LogP contribution in [-0.2, 0) is 4.74 Å². The molecule has 0 aromatic heterocycles. The number of amidine groups is 1. The van der Waals surface area contributed by atoms with Crippen molar-refractivity contribution in [2.75, 3.05) is 13.2 Å². The van der Waals surface area contributed by atoms with Gasteiger partial charge in [0.05, 0.1) is 5.84 Å². The summed E-state index contributed by atoms with van der Waals surface area (Å²) < 4.78 is 5.45. The van der Waals surface area contributed by atoms with Gasteiger partial charge in [0.1, 0.15) is 0 Å². The zero-order valence-electron chi connectivity index (χ0n) is 9.51. The molecule has 3 nitrogen and oxygen atoms in total. The van der Waals surface area contributed by atoms with Gasteiger partial charge in [-0.3, -0.25) is 5.41 Å². The van der Waals surface area contributed by atoms with E-state index >= 15 is 0 Å². The Morgan fingerprint density at radius 3 is 2.43 bits per heavy atom. The molecule has 0 aliphatic rings. The monoisotopic (exact) mass is 200 g/mol. The van der Waals surface area contributed by atoms with Crippen molar-refractivity contribution in [1.82, 2.24) is 0 Å². The van der Waals surface area contributed by atoms with Gasteiger partial charge in [0.15, 0.2) is 0 Å². The van der Waals surface area contributed by atoms with Crippen LogP contribution < -0.4 is 5.73 Å². The molecule has 0 rings (SSSR count). The second kappa shape index (κ2) is 9.00. The van der Waals surface area contributed by atoms with E-state index in [1.54, 1.807) is 0 Å². The Balaban J connectivity index is 2.96. The molecule has 3 N–H and O–H groups in total. The van der Waals surface area contributed by atoms with Gasteiger partial charge in [-0.15, -0.1) is 0 Å². The topological polar surface area (TPSA) is 59.1 Å². The van der Waals surface area contributed by atoms with Crippen LogP contribution >= 0.6 is 0 Å². The van der Waals surface area contributed by atoms with Crippen LogP contribution in [0.15, 0.2) is 0 Å². The highest BCUT2D eigenvalue weighted by Gasteiger charge is 1.95. The fourth-order valence-electron chi connectivity index (χ4n) is 1.22. The van der Waals surface area contributed by atoms with Crippen LogP contribution in [0.4, 0.5) is 0 Å². The quantitative estimate of drug-likeness (QED) is 0.341. The highest BCUT2D eigenvalue weighted by Crippen LogP contribution is 2.03. The van der Waals surface area contributed by atoms with Crippen molar-refractivity contribution in [3.8, 4) is 0 Å². The predicted octanol–water partition coefficient (Wildman–Crippen LogP) is 2.55. The van der Waals surface area contributed by atoms with Crippen LogP contribution in [0.2, 0.25) is 0 Å². The molecule has 3 heteroatoms. The van der Waals surface area contributed by atoms with Crippen molar-refractivity contribution < 1.29 is 4.74 Å². The van der Waals surface area contributed by atoms with E-state index in [1.165, 1.54) is 6.42 Å². The zero-order valence-corrected chi connectivity index (χ0v) is 9.51. The third-order valence-electron chi connectivity index (χ3n) is 2.05. The fourth-order valence-corrected chi connectivity index (χ4v) is 1.22. The molecule has 0 radical (unpaired) electrons. The zero-order chi connectivity index (χ0) is 10.8. The summed E-state index contributed by atoms with van der Waals surface area (Å²) in [6.07, 6.45) is 5.09. The van der Waals surface area contributed by atoms with Gasteiger partial charge in [-0.1, -0.05) is 13.8 Å². The van der Waals surface area contributed by atoms with Crippen molar-refractivity contribution >= 4 is 5.84 Å². The van der Waals surface area contributed by atoms with Gasteiger partial charge in [-0.25, -0.2) is 0 Å². The number of nitrogens with one attached hydrogen (secondary N) is 1. The third-order valence-corrected chi connectivity index (χ3v) is 2.05. The predicted molar refractivity (Wildman–Crippen MR) is 60.7 cm³/mol. The fraction of sp³-hybridized carbons (Fsp3) is 0.909. The molecule has 0 spiro atoms. The minimum atomic E-state index is 0.282. The second-order valence-electron chi connectivity index (χ2n) is 4.13. The van der Waals surface area contributed by atoms with Crippen LogP contribution in [0.1, 0.15) is 46.0 Å². The van der Waals surface area contributed by atoms with E-state index in [0.29, 0.717) is 6.42 Å². The Morgan fingerprint density at radius 1 is 1.21 bits per heavy atom. The van der Waals surface area contributed by atoms with E-state index in [0.717, 1.165) is 38.4 Å². The Morgan fingerprint density at radius 2 is 1.86 bits per heavy atom. The first-order valence-corrected chi connectivity index (χ1v) is 5.53. The summed E-state index contributed by atoms with van der Waals surface area (Å²) in [7, 11) is 0. The van der Waals surface area contributed by atoms with E-state index in [-0.39, 0.29) is 5.84 Å². The van der Waals surface area contributed by atoms with Crippen molar-refractivity contribution in [2.24, 2.45) is 11.7 Å². The molecule has 0 atom stereocenters. The highest BCUT2D eigenvalue weighted by atomic mass is 16.5. The number of ether oxygens (including phenoxy) is 1. The molecule has 0 aromatic carbocycles. The van der Waals surface area contributed by atoms with Crippen molar-refractivity contribution in [3.63, 3.8) is 0 Å². The lowest BCUT2D eigenvalue weighted by Gasteiger charge is -2.05. The van der Waals surface area contributed by atoms with E-state index < -0.39 is 0 Å². The van der Waals surface area contributed by atoms with Gasteiger partial charge in [0, 0.05) is 19.6 Å². The van der Waals surface area contributed by atoms with Gasteiger partial charge >= 0.3 is 0 Å². The molecule has 0 unspecified atom stereocenters. The van der Waals surface area contributed by atoms with E-state index in [4.69, 9.17) is 15.9 Å². The molecule has 0 saturated carbocycles. The number of hydrogen-bond acceptors (Lipinski definition) is 2. The average molecular weight is 200 g/mol. The minimum absolute atomic E-state index is 0.282. The second-order valence-corrected chi connectivity index (χ2v) is 4.13. The lowest BCUT2D eigenvalue weighted by Crippen LogP contribution is -2.09. The first kappa shape index (κ1) is 13.4. The number of hydrogen-bond donors (Lipinski definition) is 2. The summed E-state index contributed by atoms with van der Waals surface area (Å²) in [5, 5.41) is 7.02. The maximum atomic E-state index is 7.02. The van der Waals surface area contributed by atoms with Crippen LogP contribution in [-0.4, -0.2) is 19.0 Å². The summed E-state index contributed by atoms with van der Waals surface area (Å²) in [5.41, 5.74) is 5.23.